The van der Waals surface area contributed by atoms with E-state index in [4.69, 9.17) is 5.10 Å². The number of amides is 1. The number of aryl methyl sites for hydroxylation is 2. The van der Waals surface area contributed by atoms with E-state index in [2.05, 4.69) is 24.0 Å². The van der Waals surface area contributed by atoms with E-state index in [-0.39, 0.29) is 5.91 Å². The first-order valence-electron chi connectivity index (χ1n) is 9.42. The fraction of sp³-hybridized carbons (Fsp3) is 0.381. The van der Waals surface area contributed by atoms with Crippen molar-refractivity contribution < 1.29 is 4.79 Å². The molecule has 1 saturated heterocycles. The van der Waals surface area contributed by atoms with E-state index in [1.54, 1.807) is 6.20 Å². The van der Waals surface area contributed by atoms with Crippen molar-refractivity contribution in [2.75, 3.05) is 13.1 Å². The van der Waals surface area contributed by atoms with Crippen LogP contribution in [0.1, 0.15) is 47.9 Å². The maximum atomic E-state index is 13.0. The normalized spacial score (nSPS) is 14.3. The minimum Gasteiger partial charge on any atom is -0.339 e. The molecule has 0 bridgehead atoms. The topological polar surface area (TPSA) is 50.5 Å². The third-order valence-corrected chi connectivity index (χ3v) is 5.09. The lowest BCUT2D eigenvalue weighted by Crippen LogP contribution is -2.29. The van der Waals surface area contributed by atoms with E-state index in [9.17, 15) is 4.79 Å². The zero-order valence-corrected chi connectivity index (χ0v) is 15.4. The van der Waals surface area contributed by atoms with Crippen molar-refractivity contribution in [2.24, 2.45) is 0 Å². The number of hydrogen-bond donors (Lipinski definition) is 0. The smallest absolute Gasteiger partial charge is 0.257 e. The highest BCUT2D eigenvalue weighted by atomic mass is 16.2. The predicted octanol–water partition coefficient (Wildman–Crippen LogP) is 3.89. The van der Waals surface area contributed by atoms with Crippen LogP contribution in [0.15, 0.2) is 36.5 Å². The number of nitrogens with zero attached hydrogens (tertiary/aromatic N) is 4. The number of rotatable bonds is 4. The van der Waals surface area contributed by atoms with Crippen molar-refractivity contribution in [3.63, 3.8) is 0 Å². The predicted molar refractivity (Wildman–Crippen MR) is 102 cm³/mol. The molecule has 134 valence electrons. The van der Waals surface area contributed by atoms with Gasteiger partial charge in [-0.15, -0.1) is 0 Å². The van der Waals surface area contributed by atoms with Gasteiger partial charge in [0.25, 0.3) is 5.91 Å². The van der Waals surface area contributed by atoms with Crippen LogP contribution >= 0.6 is 0 Å². The van der Waals surface area contributed by atoms with Gasteiger partial charge in [-0.05, 0) is 31.7 Å². The average Bonchev–Trinajstić information content (AvgIpc) is 3.30. The summed E-state index contributed by atoms with van der Waals surface area (Å²) >= 11 is 0. The lowest BCUT2D eigenvalue weighted by molar-refractivity contribution is 0.0790. The van der Waals surface area contributed by atoms with Gasteiger partial charge in [0.2, 0.25) is 0 Å². The highest BCUT2D eigenvalue weighted by molar-refractivity contribution is 5.96. The molecule has 5 nitrogen and oxygen atoms in total. The Morgan fingerprint density at radius 3 is 2.58 bits per heavy atom. The summed E-state index contributed by atoms with van der Waals surface area (Å²) in [7, 11) is 0. The van der Waals surface area contributed by atoms with Gasteiger partial charge in [-0.2, -0.15) is 5.10 Å². The number of hydrogen-bond acceptors (Lipinski definition) is 3. The molecule has 1 fully saturated rings. The molecule has 3 aromatic rings. The van der Waals surface area contributed by atoms with Gasteiger partial charge in [-0.3, -0.25) is 4.79 Å². The molecule has 0 saturated carbocycles. The maximum absolute atomic E-state index is 13.0. The minimum atomic E-state index is 0.0924. The molecule has 4 rings (SSSR count). The summed E-state index contributed by atoms with van der Waals surface area (Å²) in [6.45, 7) is 5.82. The molecule has 1 aliphatic rings. The highest BCUT2D eigenvalue weighted by Crippen LogP contribution is 2.29. The van der Waals surface area contributed by atoms with Crippen LogP contribution in [0.5, 0.6) is 0 Å². The third kappa shape index (κ3) is 2.77. The van der Waals surface area contributed by atoms with Gasteiger partial charge >= 0.3 is 0 Å². The largest absolute Gasteiger partial charge is 0.339 e. The molecular formula is C21H24N4O. The molecular weight excluding hydrogens is 324 g/mol. The Labute approximate surface area is 153 Å². The van der Waals surface area contributed by atoms with Crippen molar-refractivity contribution in [3.05, 3.63) is 53.5 Å². The van der Waals surface area contributed by atoms with E-state index in [1.807, 2.05) is 34.5 Å². The average molecular weight is 348 g/mol. The summed E-state index contributed by atoms with van der Waals surface area (Å²) < 4.78 is 1.89. The number of likely N-dealkylation sites (tertiary alicyclic amines) is 1. The van der Waals surface area contributed by atoms with Gasteiger partial charge in [0, 0.05) is 24.8 Å². The molecule has 0 unspecified atom stereocenters. The molecule has 1 aromatic carbocycles. The van der Waals surface area contributed by atoms with Gasteiger partial charge in [0.1, 0.15) is 0 Å². The Morgan fingerprint density at radius 2 is 1.88 bits per heavy atom. The molecule has 0 N–H and O–H groups in total. The van der Waals surface area contributed by atoms with Crippen LogP contribution in [0, 0.1) is 6.92 Å². The first kappa shape index (κ1) is 16.8. The minimum absolute atomic E-state index is 0.0924. The molecule has 1 amide bonds. The van der Waals surface area contributed by atoms with Crippen LogP contribution in [-0.2, 0) is 6.42 Å². The summed E-state index contributed by atoms with van der Waals surface area (Å²) in [5.74, 6) is 0.0924. The number of carbonyl (C=O) groups is 1. The van der Waals surface area contributed by atoms with Crippen LogP contribution in [0.25, 0.3) is 16.8 Å². The maximum Gasteiger partial charge on any atom is 0.257 e. The number of fused-ring (bicyclic) bond motifs is 1. The van der Waals surface area contributed by atoms with Crippen molar-refractivity contribution in [1.82, 2.24) is 19.5 Å². The van der Waals surface area contributed by atoms with Gasteiger partial charge in [0.05, 0.1) is 17.0 Å². The quantitative estimate of drug-likeness (QED) is 0.719. The molecule has 0 radical (unpaired) electrons. The van der Waals surface area contributed by atoms with Crippen LogP contribution < -0.4 is 0 Å². The molecule has 26 heavy (non-hydrogen) atoms. The van der Waals surface area contributed by atoms with Crippen molar-refractivity contribution in [1.29, 1.82) is 0 Å². The van der Waals surface area contributed by atoms with Crippen LogP contribution in [-0.4, -0.2) is 38.5 Å². The molecule has 1 aliphatic heterocycles. The second-order valence-electron chi connectivity index (χ2n) is 6.93. The Hall–Kier alpha value is -2.69. The molecule has 0 aliphatic carbocycles. The van der Waals surface area contributed by atoms with Crippen molar-refractivity contribution >= 4 is 11.6 Å². The van der Waals surface area contributed by atoms with E-state index < -0.39 is 0 Å². The van der Waals surface area contributed by atoms with Crippen molar-refractivity contribution in [2.45, 2.75) is 39.5 Å². The van der Waals surface area contributed by atoms with E-state index >= 15 is 0 Å². The van der Waals surface area contributed by atoms with Gasteiger partial charge in [0.15, 0.2) is 5.65 Å². The van der Waals surface area contributed by atoms with Gasteiger partial charge in [-0.1, -0.05) is 43.7 Å². The highest BCUT2D eigenvalue weighted by Gasteiger charge is 2.25. The Bertz CT molecular complexity index is 940. The second kappa shape index (κ2) is 6.90. The summed E-state index contributed by atoms with van der Waals surface area (Å²) in [5, 5.41) is 4.76. The zero-order chi connectivity index (χ0) is 18.1. The monoisotopic (exact) mass is 348 g/mol. The second-order valence-corrected chi connectivity index (χ2v) is 6.93. The van der Waals surface area contributed by atoms with E-state index in [1.165, 1.54) is 0 Å². The fourth-order valence-electron chi connectivity index (χ4n) is 3.83. The van der Waals surface area contributed by atoms with E-state index in [0.717, 1.165) is 66.9 Å². The number of benzene rings is 1. The van der Waals surface area contributed by atoms with Crippen LogP contribution in [0.4, 0.5) is 0 Å². The summed E-state index contributed by atoms with van der Waals surface area (Å²) in [4.78, 5) is 19.6. The number of carbonyl (C=O) groups excluding carboxylic acids is 1. The first-order valence-corrected chi connectivity index (χ1v) is 9.42. The summed E-state index contributed by atoms with van der Waals surface area (Å²) in [6, 6.07) is 10.2. The molecule has 3 heterocycles. The van der Waals surface area contributed by atoms with Crippen LogP contribution in [0.2, 0.25) is 0 Å². The Morgan fingerprint density at radius 1 is 1.15 bits per heavy atom. The van der Waals surface area contributed by atoms with E-state index in [0.29, 0.717) is 5.56 Å². The SMILES string of the molecule is CCCc1c(C(=O)N2CCCC2)cnc2c(-c3ccccc3)c(C)nn12. The third-order valence-electron chi connectivity index (χ3n) is 5.09. The molecule has 5 heteroatoms. The molecule has 0 atom stereocenters. The Balaban J connectivity index is 1.88. The molecule has 2 aromatic heterocycles. The summed E-state index contributed by atoms with van der Waals surface area (Å²) in [6.07, 6.45) is 5.70. The zero-order valence-electron chi connectivity index (χ0n) is 15.4. The first-order chi connectivity index (χ1) is 12.7. The molecule has 0 spiro atoms. The lowest BCUT2D eigenvalue weighted by atomic mass is 10.1. The number of aromatic nitrogens is 3. The standard InChI is InChI=1S/C21H24N4O/c1-3-9-18-17(21(26)24-12-7-8-13-24)14-22-20-19(15(2)23-25(18)20)16-10-5-4-6-11-16/h4-6,10-11,14H,3,7-9,12-13H2,1-2H3. The fourth-order valence-corrected chi connectivity index (χ4v) is 3.83. The van der Waals surface area contributed by atoms with Crippen LogP contribution in [0.3, 0.4) is 0 Å². The van der Waals surface area contributed by atoms with Crippen molar-refractivity contribution in [3.8, 4) is 11.1 Å². The lowest BCUT2D eigenvalue weighted by Gasteiger charge is -2.18. The summed E-state index contributed by atoms with van der Waals surface area (Å²) in [5.41, 5.74) is 5.58. The van der Waals surface area contributed by atoms with Gasteiger partial charge < -0.3 is 4.90 Å². The van der Waals surface area contributed by atoms with Gasteiger partial charge in [-0.25, -0.2) is 9.50 Å². The Kier molecular flexibility index (Phi) is 4.45.